The molecule has 7 rings (SSSR count). The van der Waals surface area contributed by atoms with E-state index in [1.54, 1.807) is 30.0 Å². The highest BCUT2D eigenvalue weighted by Gasteiger charge is 2.32. The van der Waals surface area contributed by atoms with Gasteiger partial charge in [0.05, 0.1) is 23.0 Å². The molecule has 0 aromatic heterocycles. The van der Waals surface area contributed by atoms with E-state index in [0.717, 1.165) is 106 Å². The maximum atomic E-state index is 13.8. The van der Waals surface area contributed by atoms with Gasteiger partial charge in [0.25, 0.3) is 0 Å². The largest absolute Gasteiger partial charge is 0.379 e. The molecule has 13 heteroatoms. The second-order valence-electron chi connectivity index (χ2n) is 18.8. The van der Waals surface area contributed by atoms with Crippen molar-refractivity contribution in [3.63, 3.8) is 0 Å². The van der Waals surface area contributed by atoms with Crippen LogP contribution in [0.5, 0.6) is 0 Å². The number of carbonyl (C=O) groups is 1. The predicted molar refractivity (Wildman–Crippen MR) is 258 cm³/mol. The number of hydrogen-bond donors (Lipinski definition) is 0. The molecular weight excluding hydrogens is 870 g/mol. The summed E-state index contributed by atoms with van der Waals surface area (Å²) in [7, 11) is -7.98. The lowest BCUT2D eigenvalue weighted by Crippen LogP contribution is -2.47. The lowest BCUT2D eigenvalue weighted by atomic mass is 9.73. The van der Waals surface area contributed by atoms with E-state index in [4.69, 9.17) is 16.3 Å². The number of ether oxygens (including phenoxy) is 1. The molecule has 0 amide bonds. The molecule has 2 aliphatic heterocycles. The minimum Gasteiger partial charge on any atom is -0.379 e. The van der Waals surface area contributed by atoms with Crippen LogP contribution in [-0.4, -0.2) is 116 Å². The Morgan fingerprint density at radius 1 is 0.841 bits per heavy atom. The summed E-state index contributed by atoms with van der Waals surface area (Å²) in [6.07, 6.45) is 5.69. The van der Waals surface area contributed by atoms with Crippen LogP contribution in [0.3, 0.4) is 0 Å². The fourth-order valence-corrected chi connectivity index (χ4v) is 12.6. The quantitative estimate of drug-likeness (QED) is 0.0752. The third-order valence-corrected chi connectivity index (χ3v) is 17.4. The monoisotopic (exact) mass is 931 g/mol. The molecule has 0 N–H and O–H groups in total. The van der Waals surface area contributed by atoms with Crippen LogP contribution in [0.25, 0.3) is 5.57 Å². The number of rotatable bonds is 17. The number of thioether (sulfide) groups is 1. The lowest BCUT2D eigenvalue weighted by molar-refractivity contribution is 0.0328. The first-order valence-corrected chi connectivity index (χ1v) is 27.0. The summed E-state index contributed by atoms with van der Waals surface area (Å²) in [4.78, 5) is 21.7. The summed E-state index contributed by atoms with van der Waals surface area (Å²) >= 11 is 7.95. The Kier molecular flexibility index (Phi) is 15.3. The number of nitrogens with zero attached hydrogens (tertiary/aromatic N) is 3. The number of piperazine rings is 1. The van der Waals surface area contributed by atoms with Gasteiger partial charge in [0.1, 0.15) is 5.75 Å². The van der Waals surface area contributed by atoms with Crippen molar-refractivity contribution in [2.45, 2.75) is 67.6 Å². The van der Waals surface area contributed by atoms with Crippen LogP contribution in [0.1, 0.15) is 67.9 Å². The van der Waals surface area contributed by atoms with E-state index < -0.39 is 31.2 Å². The SMILES string of the molecule is CC1(C)CCC(c2ccc(Cl)cc2)=C(CN2CCN(c3ccc(C(=O)CS(=O)(=O)c4ccc(C[C@](C)(CCN5CCOCC5)CSc5ccccc5)c(S(C)(=O)=O)c4)cc3)CC2)C1. The molecule has 63 heavy (non-hydrogen) atoms. The molecule has 1 atom stereocenters. The lowest BCUT2D eigenvalue weighted by Gasteiger charge is -2.39. The molecule has 9 nitrogen and oxygen atoms in total. The van der Waals surface area contributed by atoms with Crippen LogP contribution >= 0.6 is 23.4 Å². The average Bonchev–Trinajstić information content (AvgIpc) is 3.26. The first-order chi connectivity index (χ1) is 30.0. The first kappa shape index (κ1) is 47.5. The fourth-order valence-electron chi connectivity index (χ4n) is 9.11. The van der Waals surface area contributed by atoms with Gasteiger partial charge in [-0.2, -0.15) is 0 Å². The van der Waals surface area contributed by atoms with Crippen molar-refractivity contribution in [2.24, 2.45) is 10.8 Å². The van der Waals surface area contributed by atoms with E-state index in [2.05, 4.69) is 59.7 Å². The molecule has 0 unspecified atom stereocenters. The first-order valence-electron chi connectivity index (χ1n) is 22.1. The number of halogens is 1. The Labute approximate surface area is 385 Å². The maximum Gasteiger partial charge on any atom is 0.185 e. The Morgan fingerprint density at radius 2 is 1.52 bits per heavy atom. The van der Waals surface area contributed by atoms with Crippen molar-refractivity contribution in [3.05, 3.63) is 124 Å². The van der Waals surface area contributed by atoms with Crippen LogP contribution in [0, 0.1) is 10.8 Å². The number of anilines is 1. The van der Waals surface area contributed by atoms with Crippen molar-refractivity contribution < 1.29 is 26.4 Å². The van der Waals surface area contributed by atoms with Crippen molar-refractivity contribution in [2.75, 3.05) is 88.2 Å². The number of sulfone groups is 2. The predicted octanol–water partition coefficient (Wildman–Crippen LogP) is 9.25. The van der Waals surface area contributed by atoms with Crippen LogP contribution < -0.4 is 4.90 Å². The van der Waals surface area contributed by atoms with E-state index in [-0.39, 0.29) is 20.6 Å². The van der Waals surface area contributed by atoms with E-state index >= 15 is 0 Å². The van der Waals surface area contributed by atoms with Crippen molar-refractivity contribution >= 4 is 60.1 Å². The van der Waals surface area contributed by atoms with Gasteiger partial charge in [0, 0.05) is 79.0 Å². The Morgan fingerprint density at radius 3 is 2.19 bits per heavy atom. The molecule has 4 aromatic carbocycles. The molecule has 3 aliphatic rings. The highest BCUT2D eigenvalue weighted by Crippen LogP contribution is 2.43. The summed E-state index contributed by atoms with van der Waals surface area (Å²) in [5.41, 5.74) is 6.05. The van der Waals surface area contributed by atoms with Crippen molar-refractivity contribution in [3.8, 4) is 0 Å². The average molecular weight is 933 g/mol. The van der Waals surface area contributed by atoms with Crippen molar-refractivity contribution in [1.82, 2.24) is 9.80 Å². The standard InChI is InChI=1S/C50H62ClN3O6S3/c1-49(2)21-20-46(38-10-15-42(51)16-11-38)41(33-49)35-53-24-26-54(27-25-53)43-17-12-39(13-18-43)47(55)36-63(58,59)45-19-14-40(48(32-45)62(4,56)57)34-50(3,22-23-52-28-30-60-31-29-52)37-61-44-8-6-5-7-9-44/h5-19,32H,20-31,33-37H2,1-4H3/t50-/m0/s1. The van der Waals surface area contributed by atoms with E-state index in [1.807, 2.05) is 42.5 Å². The number of hydrogen-bond acceptors (Lipinski definition) is 10. The maximum absolute atomic E-state index is 13.8. The topological polar surface area (TPSA) is 104 Å². The zero-order valence-corrected chi connectivity index (χ0v) is 40.4. The highest BCUT2D eigenvalue weighted by atomic mass is 35.5. The third kappa shape index (κ3) is 12.9. The molecule has 2 heterocycles. The molecule has 0 bridgehead atoms. The second-order valence-corrected chi connectivity index (χ2v) is 24.2. The number of ketones is 1. The number of carbonyl (C=O) groups excluding carboxylic acids is 1. The smallest absolute Gasteiger partial charge is 0.185 e. The summed E-state index contributed by atoms with van der Waals surface area (Å²) in [5, 5.41) is 0.751. The van der Waals surface area contributed by atoms with E-state index in [9.17, 15) is 21.6 Å². The summed E-state index contributed by atoms with van der Waals surface area (Å²) in [5.74, 6) is -0.550. The van der Waals surface area contributed by atoms with Gasteiger partial charge in [0.2, 0.25) is 0 Å². The van der Waals surface area contributed by atoms with Gasteiger partial charge in [-0.3, -0.25) is 14.6 Å². The van der Waals surface area contributed by atoms with Crippen LogP contribution in [-0.2, 0) is 30.8 Å². The zero-order valence-electron chi connectivity index (χ0n) is 37.2. The minimum atomic E-state index is -4.16. The minimum absolute atomic E-state index is 0.0101. The van der Waals surface area contributed by atoms with E-state index in [0.29, 0.717) is 30.8 Å². The van der Waals surface area contributed by atoms with Crippen LogP contribution in [0.4, 0.5) is 5.69 Å². The molecule has 0 saturated carbocycles. The molecule has 1 aliphatic carbocycles. The van der Waals surface area contributed by atoms with Gasteiger partial charge in [-0.05, 0) is 127 Å². The summed E-state index contributed by atoms with van der Waals surface area (Å²) in [6, 6.07) is 29.9. The summed E-state index contributed by atoms with van der Waals surface area (Å²) in [6.45, 7) is 15.3. The summed E-state index contributed by atoms with van der Waals surface area (Å²) < 4.78 is 59.8. The molecule has 338 valence electrons. The van der Waals surface area contributed by atoms with Crippen LogP contribution in [0.2, 0.25) is 5.02 Å². The zero-order chi connectivity index (χ0) is 44.8. The van der Waals surface area contributed by atoms with Gasteiger partial charge in [-0.25, -0.2) is 16.8 Å². The normalized spacial score (nSPS) is 18.9. The third-order valence-electron chi connectivity index (χ3n) is 12.9. The van der Waals surface area contributed by atoms with Gasteiger partial charge >= 0.3 is 0 Å². The number of allylic oxidation sites excluding steroid dienone is 1. The molecule has 0 spiro atoms. The van der Waals surface area contributed by atoms with E-state index in [1.165, 1.54) is 28.8 Å². The number of morpholine rings is 1. The molecule has 0 radical (unpaired) electrons. The van der Waals surface area contributed by atoms with Gasteiger partial charge in [-0.15, -0.1) is 11.8 Å². The number of benzene rings is 4. The van der Waals surface area contributed by atoms with Gasteiger partial charge < -0.3 is 9.64 Å². The van der Waals surface area contributed by atoms with Crippen LogP contribution in [0.15, 0.2) is 117 Å². The molecule has 2 saturated heterocycles. The Bertz CT molecular complexity index is 2460. The molecular formula is C50H62ClN3O6S3. The second kappa shape index (κ2) is 20.4. The highest BCUT2D eigenvalue weighted by molar-refractivity contribution is 7.99. The van der Waals surface area contributed by atoms with Gasteiger partial charge in [-0.1, -0.05) is 74.3 Å². The van der Waals surface area contributed by atoms with Crippen molar-refractivity contribution in [1.29, 1.82) is 0 Å². The Balaban J connectivity index is 0.993. The van der Waals surface area contributed by atoms with Gasteiger partial charge in [0.15, 0.2) is 25.5 Å². The number of Topliss-reactive ketones (excluding diaryl/α,β-unsaturated/α-hetero) is 1. The molecule has 2 fully saturated rings. The fraction of sp³-hybridized carbons (Fsp3) is 0.460. The molecule has 4 aromatic rings. The Hall–Kier alpha value is -3.49.